The Hall–Kier alpha value is -2.05. The van der Waals surface area contributed by atoms with Crippen molar-refractivity contribution in [3.05, 3.63) is 12.4 Å². The third-order valence-electron chi connectivity index (χ3n) is 5.15. The van der Waals surface area contributed by atoms with E-state index in [4.69, 9.17) is 10.5 Å². The number of anilines is 2. The number of nitrogens with zero attached hydrogens (tertiary/aromatic N) is 3. The van der Waals surface area contributed by atoms with Gasteiger partial charge >= 0.3 is 6.09 Å². The van der Waals surface area contributed by atoms with Crippen molar-refractivity contribution in [2.75, 3.05) is 23.3 Å². The number of piperidine rings is 1. The van der Waals surface area contributed by atoms with Crippen LogP contribution in [0.25, 0.3) is 0 Å². The van der Waals surface area contributed by atoms with E-state index in [1.54, 1.807) is 0 Å². The van der Waals surface area contributed by atoms with Crippen molar-refractivity contribution < 1.29 is 9.53 Å². The molecule has 0 radical (unpaired) electrons. The zero-order valence-corrected chi connectivity index (χ0v) is 14.4. The van der Waals surface area contributed by atoms with E-state index in [1.165, 1.54) is 12.8 Å². The molecule has 1 aromatic rings. The average Bonchev–Trinajstić information content (AvgIpc) is 2.53. The lowest BCUT2D eigenvalue weighted by atomic mass is 9.87. The summed E-state index contributed by atoms with van der Waals surface area (Å²) < 4.78 is 4.94. The minimum Gasteiger partial charge on any atom is -0.446 e. The van der Waals surface area contributed by atoms with Crippen LogP contribution in [0.15, 0.2) is 12.4 Å². The fourth-order valence-corrected chi connectivity index (χ4v) is 3.50. The summed E-state index contributed by atoms with van der Waals surface area (Å²) in [7, 11) is 0. The number of primary amides is 1. The molecular weight excluding hydrogens is 306 g/mol. The Balaban J connectivity index is 1.46. The minimum absolute atomic E-state index is 0.0672. The number of carbonyl (C=O) groups excluding carboxylic acids is 1. The summed E-state index contributed by atoms with van der Waals surface area (Å²) >= 11 is 0. The first-order valence-corrected chi connectivity index (χ1v) is 8.81. The zero-order chi connectivity index (χ0) is 17.1. The number of ether oxygens (including phenoxy) is 1. The smallest absolute Gasteiger partial charge is 0.404 e. The van der Waals surface area contributed by atoms with Crippen LogP contribution in [-0.4, -0.2) is 41.3 Å². The van der Waals surface area contributed by atoms with Crippen molar-refractivity contribution in [1.29, 1.82) is 0 Å². The van der Waals surface area contributed by atoms with E-state index in [1.807, 2.05) is 12.4 Å². The number of carbonyl (C=O) groups is 1. The molecule has 132 valence electrons. The van der Waals surface area contributed by atoms with Crippen molar-refractivity contribution in [3.8, 4) is 0 Å². The first kappa shape index (κ1) is 16.8. The van der Waals surface area contributed by atoms with Crippen molar-refractivity contribution in [2.45, 2.75) is 51.7 Å². The van der Waals surface area contributed by atoms with Gasteiger partial charge in [0, 0.05) is 32.0 Å². The van der Waals surface area contributed by atoms with Crippen LogP contribution in [0, 0.1) is 11.8 Å². The number of hydrogen-bond acceptors (Lipinski definition) is 6. The molecule has 2 fully saturated rings. The Bertz CT molecular complexity index is 549. The van der Waals surface area contributed by atoms with E-state index in [-0.39, 0.29) is 12.1 Å². The molecular formula is C17H27N5O2. The van der Waals surface area contributed by atoms with Crippen LogP contribution in [0.1, 0.15) is 39.5 Å². The number of rotatable bonds is 5. The quantitative estimate of drug-likeness (QED) is 0.859. The molecule has 1 saturated carbocycles. The van der Waals surface area contributed by atoms with Gasteiger partial charge in [0.1, 0.15) is 6.10 Å². The SMILES string of the molecule is CC(C)C1CCN(c2ncc(NC3CC(OC(N)=O)C3)cn2)CC1. The molecule has 0 bridgehead atoms. The Morgan fingerprint density at radius 3 is 2.46 bits per heavy atom. The maximum atomic E-state index is 10.7. The molecule has 2 aliphatic rings. The highest BCUT2D eigenvalue weighted by atomic mass is 16.6. The first-order valence-electron chi connectivity index (χ1n) is 8.81. The lowest BCUT2D eigenvalue weighted by Gasteiger charge is -2.35. The Morgan fingerprint density at radius 1 is 1.29 bits per heavy atom. The third kappa shape index (κ3) is 4.07. The van der Waals surface area contributed by atoms with Gasteiger partial charge in [-0.25, -0.2) is 14.8 Å². The molecule has 7 nitrogen and oxygen atoms in total. The van der Waals surface area contributed by atoms with E-state index in [9.17, 15) is 4.79 Å². The average molecular weight is 333 g/mol. The van der Waals surface area contributed by atoms with Gasteiger partial charge in [-0.2, -0.15) is 0 Å². The van der Waals surface area contributed by atoms with E-state index in [0.717, 1.165) is 49.4 Å². The van der Waals surface area contributed by atoms with Crippen LogP contribution < -0.4 is 16.0 Å². The molecule has 1 amide bonds. The summed E-state index contributed by atoms with van der Waals surface area (Å²) in [5, 5.41) is 3.36. The predicted molar refractivity (Wildman–Crippen MR) is 92.9 cm³/mol. The minimum atomic E-state index is -0.702. The van der Waals surface area contributed by atoms with Crippen molar-refractivity contribution in [1.82, 2.24) is 9.97 Å². The van der Waals surface area contributed by atoms with Crippen LogP contribution in [0.5, 0.6) is 0 Å². The molecule has 1 aromatic heterocycles. The van der Waals surface area contributed by atoms with Gasteiger partial charge in [-0.3, -0.25) is 0 Å². The molecule has 1 saturated heterocycles. The van der Waals surface area contributed by atoms with Gasteiger partial charge in [-0.1, -0.05) is 13.8 Å². The van der Waals surface area contributed by atoms with Gasteiger partial charge in [0.15, 0.2) is 0 Å². The molecule has 3 rings (SSSR count). The second-order valence-corrected chi connectivity index (χ2v) is 7.21. The molecule has 0 unspecified atom stereocenters. The maximum Gasteiger partial charge on any atom is 0.404 e. The molecule has 0 atom stereocenters. The molecule has 1 aliphatic carbocycles. The third-order valence-corrected chi connectivity index (χ3v) is 5.15. The number of nitrogens with one attached hydrogen (secondary N) is 1. The Kier molecular flexibility index (Phi) is 5.06. The highest BCUT2D eigenvalue weighted by molar-refractivity contribution is 5.65. The van der Waals surface area contributed by atoms with Crippen LogP contribution in [0.2, 0.25) is 0 Å². The summed E-state index contributed by atoms with van der Waals surface area (Å²) in [6.07, 6.45) is 6.86. The summed E-state index contributed by atoms with van der Waals surface area (Å²) in [6, 6.07) is 0.283. The van der Waals surface area contributed by atoms with Gasteiger partial charge in [0.2, 0.25) is 5.95 Å². The van der Waals surface area contributed by atoms with E-state index < -0.39 is 6.09 Å². The van der Waals surface area contributed by atoms with Gasteiger partial charge in [-0.15, -0.1) is 0 Å². The zero-order valence-electron chi connectivity index (χ0n) is 14.4. The van der Waals surface area contributed by atoms with Crippen LogP contribution in [0.3, 0.4) is 0 Å². The molecule has 1 aliphatic heterocycles. The molecule has 3 N–H and O–H groups in total. The van der Waals surface area contributed by atoms with Crippen LogP contribution in [0.4, 0.5) is 16.4 Å². The molecule has 2 heterocycles. The van der Waals surface area contributed by atoms with Crippen molar-refractivity contribution in [3.63, 3.8) is 0 Å². The summed E-state index contributed by atoms with van der Waals surface area (Å²) in [5.74, 6) is 2.38. The number of amides is 1. The Labute approximate surface area is 143 Å². The monoisotopic (exact) mass is 333 g/mol. The van der Waals surface area contributed by atoms with E-state index in [0.29, 0.717) is 0 Å². The van der Waals surface area contributed by atoms with Crippen LogP contribution in [-0.2, 0) is 4.74 Å². The fourth-order valence-electron chi connectivity index (χ4n) is 3.50. The lowest BCUT2D eigenvalue weighted by Crippen LogP contribution is -2.42. The van der Waals surface area contributed by atoms with Crippen LogP contribution >= 0.6 is 0 Å². The highest BCUT2D eigenvalue weighted by Crippen LogP contribution is 2.28. The normalized spacial score (nSPS) is 24.5. The predicted octanol–water partition coefficient (Wildman–Crippen LogP) is 2.39. The van der Waals surface area contributed by atoms with Gasteiger partial charge < -0.3 is 20.7 Å². The Morgan fingerprint density at radius 2 is 1.92 bits per heavy atom. The van der Waals surface area contributed by atoms with Gasteiger partial charge in [-0.05, 0) is 24.7 Å². The number of hydrogen-bond donors (Lipinski definition) is 2. The summed E-state index contributed by atoms with van der Waals surface area (Å²) in [4.78, 5) is 21.9. The standard InChI is InChI=1S/C17H27N5O2/c1-11(2)12-3-5-22(6-4-12)17-19-9-14(10-20-17)21-13-7-15(8-13)24-16(18)23/h9-13,15,21H,3-8H2,1-2H3,(H2,18,23). The maximum absolute atomic E-state index is 10.7. The molecule has 0 spiro atoms. The first-order chi connectivity index (χ1) is 11.5. The molecule has 0 aromatic carbocycles. The summed E-state index contributed by atoms with van der Waals surface area (Å²) in [5.41, 5.74) is 5.91. The van der Waals surface area contributed by atoms with E-state index >= 15 is 0 Å². The van der Waals surface area contributed by atoms with Crippen molar-refractivity contribution >= 4 is 17.7 Å². The molecule has 24 heavy (non-hydrogen) atoms. The lowest BCUT2D eigenvalue weighted by molar-refractivity contribution is 0.0518. The topological polar surface area (TPSA) is 93.4 Å². The van der Waals surface area contributed by atoms with Crippen molar-refractivity contribution in [2.24, 2.45) is 17.6 Å². The largest absolute Gasteiger partial charge is 0.446 e. The molecule has 7 heteroatoms. The second-order valence-electron chi connectivity index (χ2n) is 7.21. The highest BCUT2D eigenvalue weighted by Gasteiger charge is 2.31. The second kappa shape index (κ2) is 7.23. The summed E-state index contributed by atoms with van der Waals surface area (Å²) in [6.45, 7) is 6.67. The fraction of sp³-hybridized carbons (Fsp3) is 0.706. The number of nitrogens with two attached hydrogens (primary N) is 1. The number of aromatic nitrogens is 2. The van der Waals surface area contributed by atoms with Gasteiger partial charge in [0.05, 0.1) is 18.1 Å². The van der Waals surface area contributed by atoms with E-state index in [2.05, 4.69) is 34.0 Å². The van der Waals surface area contributed by atoms with Gasteiger partial charge in [0.25, 0.3) is 0 Å².